The molecule has 20 heavy (non-hydrogen) atoms. The smallest absolute Gasteiger partial charge is 0.137 e. The van der Waals surface area contributed by atoms with Crippen LogP contribution in [0.4, 0.5) is 0 Å². The van der Waals surface area contributed by atoms with Crippen molar-refractivity contribution in [2.24, 2.45) is 0 Å². The lowest BCUT2D eigenvalue weighted by Gasteiger charge is -2.21. The Morgan fingerprint density at radius 3 is 2.45 bits per heavy atom. The fourth-order valence-corrected chi connectivity index (χ4v) is 2.17. The van der Waals surface area contributed by atoms with Gasteiger partial charge in [0, 0.05) is 17.3 Å². The van der Waals surface area contributed by atoms with Gasteiger partial charge in [-0.1, -0.05) is 0 Å². The van der Waals surface area contributed by atoms with Crippen LogP contribution in [0.2, 0.25) is 0 Å². The Bertz CT molecular complexity index is 688. The Kier molecular flexibility index (Phi) is 2.97. The minimum absolute atomic E-state index is 0.174. The predicted molar refractivity (Wildman–Crippen MR) is 81.9 cm³/mol. The molecule has 3 aromatic rings. The molecule has 0 fully saturated rings. The number of hydrogen-bond acceptors (Lipinski definition) is 2. The van der Waals surface area contributed by atoms with Crippen LogP contribution in [0.15, 0.2) is 48.7 Å². The average Bonchev–Trinajstić information content (AvgIpc) is 2.81. The molecule has 0 saturated heterocycles. The van der Waals surface area contributed by atoms with Gasteiger partial charge in [-0.05, 0) is 68.8 Å². The molecule has 0 radical (unpaired) electrons. The van der Waals surface area contributed by atoms with E-state index in [1.807, 2.05) is 39.0 Å². The Morgan fingerprint density at radius 1 is 1.05 bits per heavy atom. The van der Waals surface area contributed by atoms with E-state index in [1.54, 1.807) is 6.20 Å². The van der Waals surface area contributed by atoms with E-state index in [0.29, 0.717) is 0 Å². The first-order valence-electron chi connectivity index (χ1n) is 6.74. The zero-order valence-corrected chi connectivity index (χ0v) is 12.0. The third-order valence-corrected chi connectivity index (χ3v) is 2.98. The van der Waals surface area contributed by atoms with Gasteiger partial charge in [0.05, 0.1) is 0 Å². The van der Waals surface area contributed by atoms with Crippen LogP contribution in [-0.2, 0) is 0 Å². The van der Waals surface area contributed by atoms with Crippen molar-refractivity contribution in [3.63, 3.8) is 0 Å². The van der Waals surface area contributed by atoms with E-state index in [-0.39, 0.29) is 5.60 Å². The van der Waals surface area contributed by atoms with Crippen molar-refractivity contribution in [3.8, 4) is 17.0 Å². The van der Waals surface area contributed by atoms with Crippen molar-refractivity contribution < 1.29 is 4.74 Å². The minimum Gasteiger partial charge on any atom is -0.488 e. The van der Waals surface area contributed by atoms with Gasteiger partial charge in [-0.15, -0.1) is 0 Å². The normalized spacial score (nSPS) is 11.8. The van der Waals surface area contributed by atoms with E-state index in [9.17, 15) is 0 Å². The number of hydrogen-bond donors (Lipinski definition) is 1. The van der Waals surface area contributed by atoms with E-state index < -0.39 is 0 Å². The molecule has 0 aliphatic carbocycles. The summed E-state index contributed by atoms with van der Waals surface area (Å²) >= 11 is 0. The lowest BCUT2D eigenvalue weighted by molar-refractivity contribution is 0.131. The van der Waals surface area contributed by atoms with Gasteiger partial charge in [-0.25, -0.2) is 4.98 Å². The average molecular weight is 266 g/mol. The van der Waals surface area contributed by atoms with Crippen LogP contribution in [0.5, 0.6) is 5.75 Å². The third kappa shape index (κ3) is 2.67. The zero-order chi connectivity index (χ0) is 14.2. The highest BCUT2D eigenvalue weighted by Crippen LogP contribution is 2.26. The van der Waals surface area contributed by atoms with Gasteiger partial charge in [0.25, 0.3) is 0 Å². The van der Waals surface area contributed by atoms with Crippen molar-refractivity contribution in [2.45, 2.75) is 26.4 Å². The van der Waals surface area contributed by atoms with Crippen molar-refractivity contribution >= 4 is 11.0 Å². The van der Waals surface area contributed by atoms with E-state index in [1.165, 1.54) is 0 Å². The number of aromatic nitrogens is 2. The number of ether oxygens (including phenoxy) is 1. The van der Waals surface area contributed by atoms with Gasteiger partial charge in [0.2, 0.25) is 0 Å². The van der Waals surface area contributed by atoms with Crippen molar-refractivity contribution in [1.82, 2.24) is 9.97 Å². The first kappa shape index (κ1) is 12.7. The molecule has 0 unspecified atom stereocenters. The maximum Gasteiger partial charge on any atom is 0.137 e. The molecule has 0 aliphatic rings. The highest BCUT2D eigenvalue weighted by Gasteiger charge is 2.11. The third-order valence-electron chi connectivity index (χ3n) is 2.98. The van der Waals surface area contributed by atoms with Crippen LogP contribution < -0.4 is 4.74 Å². The van der Waals surface area contributed by atoms with Crippen molar-refractivity contribution in [2.75, 3.05) is 0 Å². The number of fused-ring (bicyclic) bond motifs is 1. The second-order valence-corrected chi connectivity index (χ2v) is 5.86. The van der Waals surface area contributed by atoms with Gasteiger partial charge < -0.3 is 9.72 Å². The Balaban J connectivity index is 1.90. The topological polar surface area (TPSA) is 37.9 Å². The van der Waals surface area contributed by atoms with Crippen LogP contribution in [0.25, 0.3) is 22.3 Å². The van der Waals surface area contributed by atoms with E-state index in [4.69, 9.17) is 4.74 Å². The quantitative estimate of drug-likeness (QED) is 0.746. The molecule has 102 valence electrons. The fourth-order valence-electron chi connectivity index (χ4n) is 2.17. The number of nitrogens with zero attached hydrogens (tertiary/aromatic N) is 1. The molecule has 0 saturated carbocycles. The summed E-state index contributed by atoms with van der Waals surface area (Å²) in [4.78, 5) is 7.64. The monoisotopic (exact) mass is 266 g/mol. The lowest BCUT2D eigenvalue weighted by atomic mass is 10.1. The molecule has 1 aromatic carbocycles. The molecule has 0 atom stereocenters. The number of pyridine rings is 1. The largest absolute Gasteiger partial charge is 0.488 e. The Labute approximate surface area is 118 Å². The fraction of sp³-hybridized carbons (Fsp3) is 0.235. The predicted octanol–water partition coefficient (Wildman–Crippen LogP) is 4.41. The lowest BCUT2D eigenvalue weighted by Crippen LogP contribution is -2.22. The standard InChI is InChI=1S/C17H18N2O/c1-17(2,3)20-14-8-6-12(7-9-14)15-11-13-5-4-10-18-16(13)19-15/h4-11H,1-3H3,(H,18,19). The Morgan fingerprint density at radius 2 is 1.80 bits per heavy atom. The van der Waals surface area contributed by atoms with Gasteiger partial charge in [0.1, 0.15) is 17.0 Å². The number of aromatic amines is 1. The molecular weight excluding hydrogens is 248 g/mol. The van der Waals surface area contributed by atoms with Crippen LogP contribution >= 0.6 is 0 Å². The molecule has 0 amide bonds. The summed E-state index contributed by atoms with van der Waals surface area (Å²) in [6, 6.07) is 14.2. The summed E-state index contributed by atoms with van der Waals surface area (Å²) < 4.78 is 5.83. The second-order valence-electron chi connectivity index (χ2n) is 5.86. The Hall–Kier alpha value is -2.29. The molecule has 3 heteroatoms. The maximum absolute atomic E-state index is 5.83. The summed E-state index contributed by atoms with van der Waals surface area (Å²) in [5.74, 6) is 0.885. The summed E-state index contributed by atoms with van der Waals surface area (Å²) in [5, 5.41) is 1.12. The highest BCUT2D eigenvalue weighted by atomic mass is 16.5. The summed E-state index contributed by atoms with van der Waals surface area (Å²) in [7, 11) is 0. The summed E-state index contributed by atoms with van der Waals surface area (Å²) in [5.41, 5.74) is 2.94. The molecule has 1 N–H and O–H groups in total. The molecule has 2 heterocycles. The summed E-state index contributed by atoms with van der Waals surface area (Å²) in [6.07, 6.45) is 1.79. The number of rotatable bonds is 2. The first-order valence-corrected chi connectivity index (χ1v) is 6.74. The van der Waals surface area contributed by atoms with Gasteiger partial charge in [-0.2, -0.15) is 0 Å². The van der Waals surface area contributed by atoms with Crippen LogP contribution in [0.1, 0.15) is 20.8 Å². The maximum atomic E-state index is 5.83. The summed E-state index contributed by atoms with van der Waals surface area (Å²) in [6.45, 7) is 6.14. The van der Waals surface area contributed by atoms with E-state index in [2.05, 4.69) is 34.2 Å². The molecule has 3 nitrogen and oxygen atoms in total. The van der Waals surface area contributed by atoms with Crippen LogP contribution in [-0.4, -0.2) is 15.6 Å². The number of nitrogens with one attached hydrogen (secondary N) is 1. The molecule has 0 bridgehead atoms. The SMILES string of the molecule is CC(C)(C)Oc1ccc(-c2cc3cccnc3[nH]2)cc1. The zero-order valence-electron chi connectivity index (χ0n) is 12.0. The van der Waals surface area contributed by atoms with E-state index in [0.717, 1.165) is 28.0 Å². The first-order chi connectivity index (χ1) is 9.51. The van der Waals surface area contributed by atoms with Crippen molar-refractivity contribution in [3.05, 3.63) is 48.7 Å². The molecule has 0 spiro atoms. The highest BCUT2D eigenvalue weighted by molar-refractivity contribution is 5.82. The van der Waals surface area contributed by atoms with Gasteiger partial charge in [-0.3, -0.25) is 0 Å². The number of benzene rings is 1. The van der Waals surface area contributed by atoms with Crippen molar-refractivity contribution in [1.29, 1.82) is 0 Å². The molecule has 3 rings (SSSR count). The van der Waals surface area contributed by atoms with Gasteiger partial charge in [0.15, 0.2) is 0 Å². The number of H-pyrrole nitrogens is 1. The second kappa shape index (κ2) is 4.67. The molecule has 0 aliphatic heterocycles. The molecular formula is C17H18N2O. The van der Waals surface area contributed by atoms with Gasteiger partial charge >= 0.3 is 0 Å². The van der Waals surface area contributed by atoms with Crippen LogP contribution in [0, 0.1) is 0 Å². The minimum atomic E-state index is -0.174. The van der Waals surface area contributed by atoms with E-state index >= 15 is 0 Å². The molecule has 2 aromatic heterocycles. The van der Waals surface area contributed by atoms with Crippen LogP contribution in [0.3, 0.4) is 0 Å².